The largest absolute Gasteiger partial charge is 0.497 e. The van der Waals surface area contributed by atoms with E-state index in [1.54, 1.807) is 7.11 Å². The number of esters is 1. The minimum atomic E-state index is -0.166. The maximum Gasteiger partial charge on any atom is 0.308 e. The zero-order valence-corrected chi connectivity index (χ0v) is 15.8. The Morgan fingerprint density at radius 1 is 1.12 bits per heavy atom. The van der Waals surface area contributed by atoms with E-state index in [9.17, 15) is 4.79 Å². The Bertz CT molecular complexity index is 741. The van der Waals surface area contributed by atoms with Crippen LogP contribution in [0.1, 0.15) is 36.9 Å². The van der Waals surface area contributed by atoms with Crippen LogP contribution in [0.2, 0.25) is 0 Å². The molecule has 0 aromatic heterocycles. The van der Waals surface area contributed by atoms with Crippen LogP contribution < -0.4 is 9.64 Å². The van der Waals surface area contributed by atoms with Crippen molar-refractivity contribution >= 4 is 11.7 Å². The average Bonchev–Trinajstić information content (AvgIpc) is 2.71. The fourth-order valence-corrected chi connectivity index (χ4v) is 3.79. The lowest BCUT2D eigenvalue weighted by atomic mass is 9.91. The van der Waals surface area contributed by atoms with E-state index >= 15 is 0 Å². The van der Waals surface area contributed by atoms with Gasteiger partial charge in [-0.05, 0) is 48.6 Å². The van der Waals surface area contributed by atoms with E-state index in [0.717, 1.165) is 25.1 Å². The van der Waals surface area contributed by atoms with Gasteiger partial charge < -0.3 is 14.4 Å². The molecule has 3 rings (SSSR count). The number of methoxy groups -OCH3 is 2. The summed E-state index contributed by atoms with van der Waals surface area (Å²) < 4.78 is 10.3. The van der Waals surface area contributed by atoms with Crippen LogP contribution in [0.15, 0.2) is 48.5 Å². The van der Waals surface area contributed by atoms with Gasteiger partial charge in [0.2, 0.25) is 0 Å². The predicted molar refractivity (Wildman–Crippen MR) is 104 cm³/mol. The Hall–Kier alpha value is -2.49. The summed E-state index contributed by atoms with van der Waals surface area (Å²) in [6, 6.07) is 16.9. The molecule has 0 saturated carbocycles. The summed E-state index contributed by atoms with van der Waals surface area (Å²) in [7, 11) is 3.13. The van der Waals surface area contributed by atoms with Crippen LogP contribution >= 0.6 is 0 Å². The molecule has 138 valence electrons. The molecule has 26 heavy (non-hydrogen) atoms. The number of para-hydroxylation sites is 1. The Morgan fingerprint density at radius 3 is 2.54 bits per heavy atom. The molecule has 1 aliphatic heterocycles. The van der Waals surface area contributed by atoms with E-state index in [2.05, 4.69) is 41.3 Å². The lowest BCUT2D eigenvalue weighted by Crippen LogP contribution is -2.35. The molecule has 0 aliphatic carbocycles. The third-order valence-corrected chi connectivity index (χ3v) is 5.20. The fraction of sp³-hybridized carbons (Fsp3) is 0.409. The number of nitrogens with zero attached hydrogens (tertiary/aromatic N) is 1. The Labute approximate surface area is 155 Å². The number of rotatable bonds is 6. The second kappa shape index (κ2) is 8.26. The number of carbonyl (C=O) groups excluding carboxylic acids is 1. The highest BCUT2D eigenvalue weighted by molar-refractivity contribution is 5.72. The topological polar surface area (TPSA) is 38.8 Å². The van der Waals surface area contributed by atoms with Crippen LogP contribution in [0.25, 0.3) is 0 Å². The fourth-order valence-electron chi connectivity index (χ4n) is 3.79. The molecular weight excluding hydrogens is 326 g/mol. The van der Waals surface area contributed by atoms with Crippen molar-refractivity contribution in [2.75, 3.05) is 25.7 Å². The molecule has 1 aliphatic rings. The Morgan fingerprint density at radius 2 is 1.85 bits per heavy atom. The Kier molecular flexibility index (Phi) is 5.82. The van der Waals surface area contributed by atoms with E-state index in [1.807, 2.05) is 19.1 Å². The lowest BCUT2D eigenvalue weighted by molar-refractivity contribution is -0.145. The van der Waals surface area contributed by atoms with Crippen LogP contribution in [-0.4, -0.2) is 26.7 Å². The number of hydrogen-bond acceptors (Lipinski definition) is 4. The number of hydrogen-bond donors (Lipinski definition) is 0. The number of carbonyl (C=O) groups is 1. The van der Waals surface area contributed by atoms with Gasteiger partial charge in [0.25, 0.3) is 0 Å². The molecule has 0 spiro atoms. The van der Waals surface area contributed by atoms with Gasteiger partial charge in [0.1, 0.15) is 5.75 Å². The summed E-state index contributed by atoms with van der Waals surface area (Å²) >= 11 is 0. The van der Waals surface area contributed by atoms with Crippen LogP contribution in [0.3, 0.4) is 0 Å². The van der Waals surface area contributed by atoms with Gasteiger partial charge in [-0.3, -0.25) is 4.79 Å². The van der Waals surface area contributed by atoms with Crippen LogP contribution in [-0.2, 0) is 16.0 Å². The second-order valence-corrected chi connectivity index (χ2v) is 6.87. The first-order valence-corrected chi connectivity index (χ1v) is 9.20. The number of benzene rings is 2. The summed E-state index contributed by atoms with van der Waals surface area (Å²) in [6.07, 6.45) is 2.94. The highest BCUT2D eigenvalue weighted by Crippen LogP contribution is 2.37. The van der Waals surface area contributed by atoms with Crippen molar-refractivity contribution in [3.8, 4) is 5.75 Å². The molecule has 0 N–H and O–H groups in total. The molecular formula is C22H27NO3. The van der Waals surface area contributed by atoms with Gasteiger partial charge in [0.05, 0.1) is 26.2 Å². The molecule has 0 unspecified atom stereocenters. The van der Waals surface area contributed by atoms with Gasteiger partial charge in [0.15, 0.2) is 0 Å². The molecule has 0 bridgehead atoms. The smallest absolute Gasteiger partial charge is 0.308 e. The van der Waals surface area contributed by atoms with Gasteiger partial charge in [-0.25, -0.2) is 0 Å². The normalized spacial score (nSPS) is 15.7. The molecule has 2 atom stereocenters. The highest BCUT2D eigenvalue weighted by Gasteiger charge is 2.29. The standard InChI is InChI=1S/C22H27NO3/c1-16(22(24)26-3)15-21(18-10-12-19(25-2)13-11-18)23-14-6-8-17-7-4-5-9-20(17)23/h4-5,7,9-13,16,21H,6,8,14-15H2,1-3H3/t16-,21+/m1/s1. The average molecular weight is 353 g/mol. The first-order chi connectivity index (χ1) is 12.6. The molecule has 2 aromatic carbocycles. The highest BCUT2D eigenvalue weighted by atomic mass is 16.5. The lowest BCUT2D eigenvalue weighted by Gasteiger charge is -2.39. The van der Waals surface area contributed by atoms with E-state index in [0.29, 0.717) is 6.42 Å². The summed E-state index contributed by atoms with van der Waals surface area (Å²) in [5.41, 5.74) is 3.85. The van der Waals surface area contributed by atoms with Crippen molar-refractivity contribution in [2.45, 2.75) is 32.2 Å². The van der Waals surface area contributed by atoms with Crippen LogP contribution in [0.5, 0.6) is 5.75 Å². The summed E-state index contributed by atoms with van der Waals surface area (Å²) in [5.74, 6) is 0.516. The maximum atomic E-state index is 12.0. The van der Waals surface area contributed by atoms with Crippen molar-refractivity contribution in [2.24, 2.45) is 5.92 Å². The first kappa shape index (κ1) is 18.3. The van der Waals surface area contributed by atoms with Crippen molar-refractivity contribution in [3.63, 3.8) is 0 Å². The quantitative estimate of drug-likeness (QED) is 0.722. The summed E-state index contributed by atoms with van der Waals surface area (Å²) in [6.45, 7) is 2.93. The number of aryl methyl sites for hydroxylation is 1. The predicted octanol–water partition coefficient (Wildman–Crippen LogP) is 4.39. The first-order valence-electron chi connectivity index (χ1n) is 9.20. The number of anilines is 1. The molecule has 2 aromatic rings. The molecule has 0 amide bonds. The molecule has 4 nitrogen and oxygen atoms in total. The van der Waals surface area contributed by atoms with Gasteiger partial charge in [0, 0.05) is 12.2 Å². The molecule has 4 heteroatoms. The zero-order valence-electron chi connectivity index (χ0n) is 15.8. The minimum Gasteiger partial charge on any atom is -0.497 e. The third-order valence-electron chi connectivity index (χ3n) is 5.20. The van der Waals surface area contributed by atoms with Gasteiger partial charge in [-0.15, -0.1) is 0 Å². The van der Waals surface area contributed by atoms with E-state index < -0.39 is 0 Å². The van der Waals surface area contributed by atoms with Gasteiger partial charge in [-0.1, -0.05) is 37.3 Å². The monoisotopic (exact) mass is 353 g/mol. The summed E-state index contributed by atoms with van der Waals surface area (Å²) in [5, 5.41) is 0. The van der Waals surface area contributed by atoms with Crippen LogP contribution in [0, 0.1) is 5.92 Å². The molecule has 0 saturated heterocycles. The van der Waals surface area contributed by atoms with Crippen molar-refractivity contribution < 1.29 is 14.3 Å². The van der Waals surface area contributed by atoms with E-state index in [-0.39, 0.29) is 17.9 Å². The van der Waals surface area contributed by atoms with Crippen molar-refractivity contribution in [1.29, 1.82) is 0 Å². The van der Waals surface area contributed by atoms with Gasteiger partial charge >= 0.3 is 5.97 Å². The summed E-state index contributed by atoms with van der Waals surface area (Å²) in [4.78, 5) is 14.5. The number of fused-ring (bicyclic) bond motifs is 1. The molecule has 1 heterocycles. The third kappa shape index (κ3) is 3.85. The van der Waals surface area contributed by atoms with E-state index in [1.165, 1.54) is 23.9 Å². The van der Waals surface area contributed by atoms with Crippen LogP contribution in [0.4, 0.5) is 5.69 Å². The van der Waals surface area contributed by atoms with E-state index in [4.69, 9.17) is 9.47 Å². The van der Waals surface area contributed by atoms with Crippen molar-refractivity contribution in [1.82, 2.24) is 0 Å². The maximum absolute atomic E-state index is 12.0. The second-order valence-electron chi connectivity index (χ2n) is 6.87. The number of ether oxygens (including phenoxy) is 2. The van der Waals surface area contributed by atoms with Gasteiger partial charge in [-0.2, -0.15) is 0 Å². The minimum absolute atomic E-state index is 0.122. The zero-order chi connectivity index (χ0) is 18.5. The molecule has 0 fully saturated rings. The Balaban J connectivity index is 1.96. The van der Waals surface area contributed by atoms with Crippen molar-refractivity contribution in [3.05, 3.63) is 59.7 Å². The SMILES string of the molecule is COC(=O)[C@H](C)C[C@@H](c1ccc(OC)cc1)N1CCCc2ccccc21. The molecule has 0 radical (unpaired) electrons.